The highest BCUT2D eigenvalue weighted by Gasteiger charge is 2.71. The van der Waals surface area contributed by atoms with Crippen LogP contribution in [0, 0.1) is 30.3 Å². The molecular weight excluding hydrogens is 230 g/mol. The molecule has 0 heterocycles. The van der Waals surface area contributed by atoms with Gasteiger partial charge in [0.15, 0.2) is 14.8 Å². The zero-order chi connectivity index (χ0) is 12.8. The molecule has 0 saturated carbocycles. The van der Waals surface area contributed by atoms with E-state index in [0.717, 1.165) is 0 Å². The van der Waals surface area contributed by atoms with E-state index in [-0.39, 0.29) is 6.61 Å². The zero-order valence-corrected chi connectivity index (χ0v) is 8.23. The van der Waals surface area contributed by atoms with Gasteiger partial charge in [0.25, 0.3) is 6.61 Å². The summed E-state index contributed by atoms with van der Waals surface area (Å²) in [7, 11) is 0. The third-order valence-electron chi connectivity index (χ3n) is 1.54. The highest BCUT2D eigenvalue weighted by atomic mass is 16.7. The van der Waals surface area contributed by atoms with E-state index in [2.05, 4.69) is 9.47 Å². The fraction of sp³-hybridized carbons (Fsp3) is 1.00. The Kier molecular flexibility index (Phi) is 5.18. The van der Waals surface area contributed by atoms with E-state index >= 15 is 0 Å². The van der Waals surface area contributed by atoms with E-state index in [4.69, 9.17) is 0 Å². The molecule has 0 aromatic heterocycles. The minimum Gasteiger partial charge on any atom is -0.356 e. The van der Waals surface area contributed by atoms with E-state index in [1.165, 1.54) is 0 Å². The van der Waals surface area contributed by atoms with Crippen LogP contribution in [0.1, 0.15) is 6.92 Å². The van der Waals surface area contributed by atoms with Gasteiger partial charge in [-0.25, -0.2) is 0 Å². The predicted molar refractivity (Wildman–Crippen MR) is 46.2 cm³/mol. The van der Waals surface area contributed by atoms with Crippen LogP contribution in [0.2, 0.25) is 0 Å². The molecule has 11 heteroatoms. The predicted octanol–water partition coefficient (Wildman–Crippen LogP) is -0.519. The normalized spacial score (nSPS) is 11.1. The van der Waals surface area contributed by atoms with E-state index in [1.54, 1.807) is 6.92 Å². The van der Waals surface area contributed by atoms with Gasteiger partial charge in [0.2, 0.25) is 0 Å². The minimum atomic E-state index is -3.59. The van der Waals surface area contributed by atoms with E-state index in [0.29, 0.717) is 0 Å². The first-order valence-electron chi connectivity index (χ1n) is 3.98. The van der Waals surface area contributed by atoms with Gasteiger partial charge in [0.1, 0.15) is 6.79 Å². The van der Waals surface area contributed by atoms with Crippen LogP contribution in [-0.2, 0) is 9.47 Å². The number of nitrogens with zero attached hydrogens (tertiary/aromatic N) is 3. The lowest BCUT2D eigenvalue weighted by Gasteiger charge is -2.09. The van der Waals surface area contributed by atoms with Crippen molar-refractivity contribution >= 4 is 0 Å². The van der Waals surface area contributed by atoms with Crippen molar-refractivity contribution in [1.29, 1.82) is 0 Å². The summed E-state index contributed by atoms with van der Waals surface area (Å²) in [5.41, 5.74) is 0. The molecule has 0 aromatic rings. The molecule has 0 aromatic carbocycles. The molecule has 92 valence electrons. The lowest BCUT2D eigenvalue weighted by atomic mass is 10.4. The fourth-order valence-corrected chi connectivity index (χ4v) is 0.679. The van der Waals surface area contributed by atoms with Crippen molar-refractivity contribution in [1.82, 2.24) is 0 Å². The van der Waals surface area contributed by atoms with Gasteiger partial charge in [-0.05, 0) is 6.92 Å². The standard InChI is InChI=1S/C5H9N3O8/c1-2-15-4-16-3-5(6(9)10,7(11)12)8(13)14/h2-4H2,1H3. The summed E-state index contributed by atoms with van der Waals surface area (Å²) < 4.78 is 8.95. The molecule has 0 bridgehead atoms. The Morgan fingerprint density at radius 2 is 1.44 bits per heavy atom. The molecule has 0 rings (SSSR count). The Bertz CT molecular complexity index is 255. The molecule has 16 heavy (non-hydrogen) atoms. The van der Waals surface area contributed by atoms with Crippen molar-refractivity contribution in [2.24, 2.45) is 0 Å². The second-order valence-electron chi connectivity index (χ2n) is 2.50. The fourth-order valence-electron chi connectivity index (χ4n) is 0.679. The lowest BCUT2D eigenvalue weighted by molar-refractivity contribution is -0.970. The van der Waals surface area contributed by atoms with Gasteiger partial charge < -0.3 is 9.47 Å². The van der Waals surface area contributed by atoms with Crippen LogP contribution < -0.4 is 0 Å². The molecule has 0 aliphatic heterocycles. The van der Waals surface area contributed by atoms with Gasteiger partial charge in [-0.2, -0.15) is 0 Å². The molecule has 0 atom stereocenters. The zero-order valence-electron chi connectivity index (χ0n) is 8.23. The quantitative estimate of drug-likeness (QED) is 0.237. The summed E-state index contributed by atoms with van der Waals surface area (Å²) in [6.07, 6.45) is 0. The monoisotopic (exact) mass is 239 g/mol. The second-order valence-corrected chi connectivity index (χ2v) is 2.50. The maximum absolute atomic E-state index is 10.4. The summed E-state index contributed by atoms with van der Waals surface area (Å²) in [6.45, 7) is 0.00127. The minimum absolute atomic E-state index is 0.211. The SMILES string of the molecule is CCOCOCC([N+](=O)[O-])([N+](=O)[O-])[N+](=O)[O-]. The van der Waals surface area contributed by atoms with Gasteiger partial charge in [0.05, 0.1) is 0 Å². The summed E-state index contributed by atoms with van der Waals surface area (Å²) in [6, 6.07) is 0. The second kappa shape index (κ2) is 5.87. The van der Waals surface area contributed by atoms with Gasteiger partial charge in [-0.15, -0.1) is 0 Å². The Morgan fingerprint density at radius 1 is 1.00 bits per heavy atom. The van der Waals surface area contributed by atoms with E-state index in [9.17, 15) is 30.3 Å². The molecule has 0 radical (unpaired) electrons. The first kappa shape index (κ1) is 14.1. The van der Waals surface area contributed by atoms with Crippen molar-refractivity contribution in [3.63, 3.8) is 0 Å². The summed E-state index contributed by atoms with van der Waals surface area (Å²) in [4.78, 5) is 26.3. The number of rotatable bonds is 8. The highest BCUT2D eigenvalue weighted by molar-refractivity contribution is 4.50. The summed E-state index contributed by atoms with van der Waals surface area (Å²) >= 11 is 0. The maximum atomic E-state index is 10.4. The van der Waals surface area contributed by atoms with Crippen LogP contribution in [-0.4, -0.2) is 40.6 Å². The van der Waals surface area contributed by atoms with Crippen molar-refractivity contribution in [2.75, 3.05) is 20.0 Å². The van der Waals surface area contributed by atoms with Gasteiger partial charge in [-0.1, -0.05) is 0 Å². The van der Waals surface area contributed by atoms with Gasteiger partial charge >= 0.3 is 5.79 Å². The van der Waals surface area contributed by atoms with Crippen LogP contribution in [0.25, 0.3) is 0 Å². The topological polar surface area (TPSA) is 148 Å². The van der Waals surface area contributed by atoms with Crippen molar-refractivity contribution in [3.05, 3.63) is 30.3 Å². The van der Waals surface area contributed by atoms with Crippen LogP contribution >= 0.6 is 0 Å². The Hall–Kier alpha value is -1.88. The Balaban J connectivity index is 4.72. The summed E-state index contributed by atoms with van der Waals surface area (Å²) in [5, 5.41) is 31.1. The van der Waals surface area contributed by atoms with Crippen molar-refractivity contribution < 1.29 is 24.2 Å². The van der Waals surface area contributed by atoms with Crippen LogP contribution in [0.4, 0.5) is 0 Å². The molecule has 0 amide bonds. The Morgan fingerprint density at radius 3 is 1.75 bits per heavy atom. The van der Waals surface area contributed by atoms with Crippen molar-refractivity contribution in [3.8, 4) is 0 Å². The maximum Gasteiger partial charge on any atom is 0.723 e. The number of nitro groups is 3. The van der Waals surface area contributed by atoms with Gasteiger partial charge in [-0.3, -0.25) is 30.3 Å². The average Bonchev–Trinajstić information content (AvgIpc) is 2.16. The van der Waals surface area contributed by atoms with Crippen LogP contribution in [0.5, 0.6) is 0 Å². The van der Waals surface area contributed by atoms with Crippen molar-refractivity contribution in [2.45, 2.75) is 12.7 Å². The molecule has 0 unspecified atom stereocenters. The van der Waals surface area contributed by atoms with Gasteiger partial charge in [0, 0.05) is 6.61 Å². The average molecular weight is 239 g/mol. The lowest BCUT2D eigenvalue weighted by Crippen LogP contribution is -2.56. The smallest absolute Gasteiger partial charge is 0.356 e. The molecule has 0 spiro atoms. The largest absolute Gasteiger partial charge is 0.723 e. The molecule has 0 aliphatic rings. The van der Waals surface area contributed by atoms with Crippen LogP contribution in [0.3, 0.4) is 0 Å². The highest BCUT2D eigenvalue weighted by Crippen LogP contribution is 2.12. The molecule has 0 saturated heterocycles. The third-order valence-corrected chi connectivity index (χ3v) is 1.54. The summed E-state index contributed by atoms with van der Waals surface area (Å²) in [5.74, 6) is -3.59. The molecule has 0 N–H and O–H groups in total. The number of hydrogen-bond acceptors (Lipinski definition) is 8. The first-order valence-corrected chi connectivity index (χ1v) is 3.98. The first-order chi connectivity index (χ1) is 7.39. The molecule has 0 aliphatic carbocycles. The molecular formula is C5H9N3O8. The van der Waals surface area contributed by atoms with Crippen LogP contribution in [0.15, 0.2) is 0 Å². The third kappa shape index (κ3) is 2.80. The molecule has 0 fully saturated rings. The van der Waals surface area contributed by atoms with E-state index in [1.807, 2.05) is 0 Å². The Labute approximate surface area is 88.4 Å². The molecule has 11 nitrogen and oxygen atoms in total. The number of hydrogen-bond donors (Lipinski definition) is 0. The number of ether oxygens (including phenoxy) is 2. The van der Waals surface area contributed by atoms with E-state index < -0.39 is 34.0 Å².